The summed E-state index contributed by atoms with van der Waals surface area (Å²) in [6, 6.07) is 94.7. The Hall–Kier alpha value is -9.95. The van der Waals surface area contributed by atoms with Gasteiger partial charge in [-0.3, -0.25) is 5.32 Å². The molecule has 358 valence electrons. The van der Waals surface area contributed by atoms with Crippen LogP contribution >= 0.6 is 0 Å². The van der Waals surface area contributed by atoms with Gasteiger partial charge in [0.05, 0.1) is 44.1 Å². The highest BCUT2D eigenvalue weighted by Crippen LogP contribution is 2.45. The van der Waals surface area contributed by atoms with E-state index < -0.39 is 0 Å². The molecule has 2 N–H and O–H groups in total. The molecule has 5 heterocycles. The minimum absolute atomic E-state index is 0.214. The van der Waals surface area contributed by atoms with E-state index in [1.165, 1.54) is 65.2 Å². The lowest BCUT2D eigenvalue weighted by Gasteiger charge is -2.32. The van der Waals surface area contributed by atoms with Gasteiger partial charge in [0, 0.05) is 71.4 Å². The molecule has 76 heavy (non-hydrogen) atoms. The van der Waals surface area contributed by atoms with Crippen LogP contribution in [-0.2, 0) is 0 Å². The molecule has 0 fully saturated rings. The zero-order valence-electron chi connectivity index (χ0n) is 41.2. The van der Waals surface area contributed by atoms with Crippen LogP contribution in [0.2, 0.25) is 0 Å². The van der Waals surface area contributed by atoms with Crippen molar-refractivity contribution in [2.75, 3.05) is 0 Å². The number of fused-ring (bicyclic) bond motifs is 14. The summed E-state index contributed by atoms with van der Waals surface area (Å²) in [7, 11) is 0. The molecule has 11 aromatic carbocycles. The molecule has 1 aliphatic rings. The van der Waals surface area contributed by atoms with Crippen molar-refractivity contribution >= 4 is 93.1 Å². The minimum atomic E-state index is -0.308. The van der Waals surface area contributed by atoms with Crippen LogP contribution in [-0.4, -0.2) is 24.1 Å². The maximum atomic E-state index is 5.58. The van der Waals surface area contributed by atoms with Gasteiger partial charge in [-0.1, -0.05) is 182 Å². The van der Waals surface area contributed by atoms with Crippen LogP contribution in [0.25, 0.3) is 110 Å². The molecule has 0 saturated heterocycles. The van der Waals surface area contributed by atoms with Crippen molar-refractivity contribution in [1.29, 1.82) is 0 Å². The second-order valence-corrected chi connectivity index (χ2v) is 20.0. The van der Waals surface area contributed by atoms with Gasteiger partial charge < -0.3 is 23.6 Å². The Morgan fingerprint density at radius 2 is 0.697 bits per heavy atom. The highest BCUT2D eigenvalue weighted by Gasteiger charge is 2.28. The largest absolute Gasteiger partial charge is 0.350 e. The smallest absolute Gasteiger partial charge is 0.132 e. The van der Waals surface area contributed by atoms with Crippen LogP contribution in [0.4, 0.5) is 0 Å². The van der Waals surface area contributed by atoms with Crippen LogP contribution in [0.3, 0.4) is 0 Å². The number of hydrogen-bond donors (Lipinski definition) is 2. The molecule has 0 saturated carbocycles. The normalized spacial score (nSPS) is 15.0. The van der Waals surface area contributed by atoms with Crippen molar-refractivity contribution in [2.24, 2.45) is 4.99 Å². The van der Waals surface area contributed by atoms with Crippen molar-refractivity contribution in [2.45, 2.75) is 12.3 Å². The maximum absolute atomic E-state index is 5.58. The van der Waals surface area contributed by atoms with Gasteiger partial charge in [0.1, 0.15) is 18.2 Å². The first kappa shape index (κ1) is 42.5. The van der Waals surface area contributed by atoms with E-state index in [9.17, 15) is 0 Å². The summed E-state index contributed by atoms with van der Waals surface area (Å²) >= 11 is 0. The zero-order valence-corrected chi connectivity index (χ0v) is 41.2. The van der Waals surface area contributed by atoms with E-state index in [0.717, 1.165) is 67.3 Å². The number of benzene rings is 11. The van der Waals surface area contributed by atoms with Crippen LogP contribution in [0.5, 0.6) is 0 Å². The Bertz CT molecular complexity index is 4560. The minimum Gasteiger partial charge on any atom is -0.350 e. The summed E-state index contributed by atoms with van der Waals surface area (Å²) in [5.74, 6) is 0.810. The van der Waals surface area contributed by atoms with Gasteiger partial charge in [-0.15, -0.1) is 0 Å². The fourth-order valence-corrected chi connectivity index (χ4v) is 12.6. The van der Waals surface area contributed by atoms with E-state index in [1.54, 1.807) is 0 Å². The van der Waals surface area contributed by atoms with E-state index in [-0.39, 0.29) is 12.3 Å². The highest BCUT2D eigenvalue weighted by molar-refractivity contribution is 6.28. The lowest BCUT2D eigenvalue weighted by molar-refractivity contribution is 0.409. The molecule has 0 radical (unpaired) electrons. The summed E-state index contributed by atoms with van der Waals surface area (Å²) in [5, 5.41) is 17.5. The molecule has 7 heteroatoms. The molecule has 7 nitrogen and oxygen atoms in total. The molecule has 15 aromatic rings. The molecule has 0 amide bonds. The van der Waals surface area contributed by atoms with E-state index >= 15 is 0 Å². The van der Waals surface area contributed by atoms with Crippen LogP contribution < -0.4 is 10.6 Å². The Balaban J connectivity index is 1.02. The first-order chi connectivity index (χ1) is 37.7. The van der Waals surface area contributed by atoms with E-state index in [0.29, 0.717) is 0 Å². The van der Waals surface area contributed by atoms with Gasteiger partial charge in [0.15, 0.2) is 0 Å². The number of aromatic nitrogens is 4. The lowest BCUT2D eigenvalue weighted by atomic mass is 10.1. The Kier molecular flexibility index (Phi) is 9.40. The molecule has 0 bridgehead atoms. The lowest BCUT2D eigenvalue weighted by Crippen LogP contribution is -2.45. The number of aliphatic imine (C=N–C) groups is 1. The van der Waals surface area contributed by atoms with E-state index in [4.69, 9.17) is 4.99 Å². The molecule has 0 aliphatic carbocycles. The van der Waals surface area contributed by atoms with Crippen molar-refractivity contribution < 1.29 is 0 Å². The third kappa shape index (κ3) is 6.36. The van der Waals surface area contributed by atoms with E-state index in [1.807, 2.05) is 0 Å². The number of hydrogen-bond acceptors (Lipinski definition) is 3. The molecule has 0 spiro atoms. The van der Waals surface area contributed by atoms with Crippen molar-refractivity contribution in [3.8, 4) is 22.7 Å². The third-order valence-corrected chi connectivity index (χ3v) is 15.8. The molecule has 4 aromatic heterocycles. The quantitative estimate of drug-likeness (QED) is 0.167. The molecular weight excluding hydrogens is 927 g/mol. The van der Waals surface area contributed by atoms with Crippen LogP contribution in [0, 0.1) is 0 Å². The van der Waals surface area contributed by atoms with E-state index in [2.05, 4.69) is 290 Å². The van der Waals surface area contributed by atoms with Gasteiger partial charge >= 0.3 is 0 Å². The zero-order chi connectivity index (χ0) is 49.8. The average molecular weight is 974 g/mol. The van der Waals surface area contributed by atoms with Gasteiger partial charge in [-0.25, -0.2) is 4.99 Å². The number of nitrogens with one attached hydrogen (secondary N) is 2. The molecule has 1 aliphatic heterocycles. The summed E-state index contributed by atoms with van der Waals surface area (Å²) < 4.78 is 9.88. The van der Waals surface area contributed by atoms with Crippen molar-refractivity contribution in [3.63, 3.8) is 0 Å². The number of para-hydroxylation sites is 6. The number of nitrogens with zero attached hydrogens (tertiary/aromatic N) is 5. The molecular formula is C69H47N7. The van der Waals surface area contributed by atoms with Gasteiger partial charge in [0.25, 0.3) is 0 Å². The molecule has 16 rings (SSSR count). The first-order valence-electron chi connectivity index (χ1n) is 26.1. The van der Waals surface area contributed by atoms with Gasteiger partial charge in [0.2, 0.25) is 0 Å². The van der Waals surface area contributed by atoms with Gasteiger partial charge in [-0.2, -0.15) is 0 Å². The highest BCUT2D eigenvalue weighted by atomic mass is 15.3. The monoisotopic (exact) mass is 973 g/mol. The molecule has 2 unspecified atom stereocenters. The van der Waals surface area contributed by atoms with Gasteiger partial charge in [-0.05, 0) is 90.0 Å². The predicted octanol–water partition coefficient (Wildman–Crippen LogP) is 16.4. The second kappa shape index (κ2) is 16.8. The van der Waals surface area contributed by atoms with Crippen molar-refractivity contribution in [1.82, 2.24) is 28.9 Å². The first-order valence-corrected chi connectivity index (χ1v) is 26.1. The summed E-state index contributed by atoms with van der Waals surface area (Å²) in [6.07, 6.45) is -0.522. The fourth-order valence-electron chi connectivity index (χ4n) is 12.6. The molecule has 2 atom stereocenters. The predicted molar refractivity (Wildman–Crippen MR) is 315 cm³/mol. The Labute approximate surface area is 437 Å². The fraction of sp³-hybridized carbons (Fsp3) is 0.0290. The van der Waals surface area contributed by atoms with Crippen LogP contribution in [0.1, 0.15) is 29.0 Å². The maximum Gasteiger partial charge on any atom is 0.132 e. The van der Waals surface area contributed by atoms with Crippen LogP contribution in [0.15, 0.2) is 266 Å². The van der Waals surface area contributed by atoms with Crippen molar-refractivity contribution in [3.05, 3.63) is 278 Å². The summed E-state index contributed by atoms with van der Waals surface area (Å²) in [6.45, 7) is 0. The topological polar surface area (TPSA) is 56.1 Å². The average Bonchev–Trinajstić information content (AvgIpc) is 4.34. The second-order valence-electron chi connectivity index (χ2n) is 20.0. The summed E-state index contributed by atoms with van der Waals surface area (Å²) in [4.78, 5) is 5.58. The summed E-state index contributed by atoms with van der Waals surface area (Å²) in [5.41, 5.74) is 16.8. The standard InChI is InChI=1S/C69H47N7/c1-5-21-44(22-6-1)67-70-68(45-23-7-2-8-24-45)72-69(71-67)46-41-49(73-59-35-19-15-31-55(59)63-61(73)39-37-53-51-29-13-17-33-57(51)75(65(53)63)47-25-9-3-10-26-47)43-50(42-46)74-60-36-20-16-32-56(60)64-62(74)40-38-54-52-30-14-18-34-58(52)76(66(54)64)48-27-11-4-12-28-48/h1-43,67-68,70H,(H,71,72). The number of rotatable bonds is 7. The Morgan fingerprint density at radius 1 is 0.303 bits per heavy atom. The third-order valence-electron chi connectivity index (χ3n) is 15.8. The SMILES string of the molecule is c1ccc(C2N=C(c3cc(-n4c5ccccc5c5c4ccc4c6ccccc6n(-c6ccccc6)c45)cc(-n4c5ccccc5c5c4ccc4c6ccccc6n(-c6ccccc6)c45)c3)NC(c3ccccc3)N2)cc1. The Morgan fingerprint density at radius 3 is 1.17 bits per heavy atom. The number of amidine groups is 1.